The zero-order chi connectivity index (χ0) is 12.4. The maximum atomic E-state index is 13.5. The van der Waals surface area contributed by atoms with Crippen LogP contribution >= 0.6 is 0 Å². The summed E-state index contributed by atoms with van der Waals surface area (Å²) in [6.07, 6.45) is 0. The molecule has 0 atom stereocenters. The van der Waals surface area contributed by atoms with Crippen LogP contribution in [-0.2, 0) is 6.54 Å². The zero-order valence-corrected chi connectivity index (χ0v) is 8.44. The molecule has 0 aliphatic rings. The molecule has 0 fully saturated rings. The summed E-state index contributed by atoms with van der Waals surface area (Å²) in [4.78, 5) is 3.79. The van der Waals surface area contributed by atoms with E-state index in [0.29, 0.717) is 6.07 Å². The van der Waals surface area contributed by atoms with Crippen molar-refractivity contribution in [3.63, 3.8) is 0 Å². The van der Waals surface area contributed by atoms with Crippen LogP contribution in [0, 0.1) is 23.0 Å². The van der Waals surface area contributed by atoms with Gasteiger partial charge in [0.25, 0.3) is 0 Å². The average Bonchev–Trinajstić information content (AvgIpc) is 2.78. The summed E-state index contributed by atoms with van der Waals surface area (Å²) in [5.74, 6) is -1.75. The Kier molecular flexibility index (Phi) is 2.80. The van der Waals surface area contributed by atoms with Crippen molar-refractivity contribution < 1.29 is 13.3 Å². The predicted octanol–water partition coefficient (Wildman–Crippen LogP) is 1.35. The van der Waals surface area contributed by atoms with Crippen molar-refractivity contribution in [3.8, 4) is 17.5 Å². The zero-order valence-electron chi connectivity index (χ0n) is 8.44. The normalized spacial score (nSPS) is 10.2. The molecule has 0 amide bonds. The van der Waals surface area contributed by atoms with Crippen LogP contribution in [0.5, 0.6) is 0 Å². The Labute approximate surface area is 94.5 Å². The van der Waals surface area contributed by atoms with Crippen molar-refractivity contribution in [3.05, 3.63) is 35.2 Å². The number of rotatable bonds is 2. The molecule has 0 saturated heterocycles. The maximum absolute atomic E-state index is 13.5. The smallest absolute Gasteiger partial charge is 0.240 e. The average molecular weight is 236 g/mol. The molecule has 0 saturated carbocycles. The maximum Gasteiger partial charge on any atom is 0.240 e. The standard InChI is InChI=1S/C10H6F2N4O/c11-7-2-8(12)6(1-5(7)3-13)10-15-9(4-14)17-16-10/h1-2H,4,14H2. The molecule has 0 aliphatic heterocycles. The molecule has 0 unspecified atom stereocenters. The molecule has 2 aromatic rings. The van der Waals surface area contributed by atoms with Crippen LogP contribution in [0.4, 0.5) is 8.78 Å². The van der Waals surface area contributed by atoms with Crippen LogP contribution in [0.2, 0.25) is 0 Å². The molecule has 0 aliphatic carbocycles. The van der Waals surface area contributed by atoms with E-state index in [1.54, 1.807) is 6.07 Å². The van der Waals surface area contributed by atoms with Gasteiger partial charge < -0.3 is 10.3 Å². The highest BCUT2D eigenvalue weighted by atomic mass is 19.1. The highest BCUT2D eigenvalue weighted by molar-refractivity contribution is 5.58. The van der Waals surface area contributed by atoms with Gasteiger partial charge in [0.15, 0.2) is 0 Å². The molecule has 0 bridgehead atoms. The SMILES string of the molecule is N#Cc1cc(-c2noc(CN)n2)c(F)cc1F. The summed E-state index contributed by atoms with van der Waals surface area (Å²) >= 11 is 0. The largest absolute Gasteiger partial charge is 0.338 e. The van der Waals surface area contributed by atoms with Gasteiger partial charge >= 0.3 is 0 Å². The van der Waals surface area contributed by atoms with Crippen molar-refractivity contribution in [1.82, 2.24) is 10.1 Å². The molecule has 2 rings (SSSR count). The van der Waals surface area contributed by atoms with Crippen LogP contribution in [0.3, 0.4) is 0 Å². The van der Waals surface area contributed by atoms with Gasteiger partial charge in [0.1, 0.15) is 17.7 Å². The fourth-order valence-electron chi connectivity index (χ4n) is 1.25. The molecular formula is C10H6F2N4O. The first-order valence-corrected chi connectivity index (χ1v) is 4.58. The van der Waals surface area contributed by atoms with Crippen molar-refractivity contribution in [2.24, 2.45) is 5.73 Å². The topological polar surface area (TPSA) is 88.7 Å². The molecule has 1 aromatic carbocycles. The summed E-state index contributed by atoms with van der Waals surface area (Å²) in [5.41, 5.74) is 4.86. The van der Waals surface area contributed by atoms with E-state index in [-0.39, 0.29) is 29.4 Å². The van der Waals surface area contributed by atoms with Gasteiger partial charge in [-0.3, -0.25) is 0 Å². The number of benzene rings is 1. The Morgan fingerprint density at radius 1 is 1.35 bits per heavy atom. The van der Waals surface area contributed by atoms with E-state index in [0.717, 1.165) is 6.07 Å². The van der Waals surface area contributed by atoms with Gasteiger partial charge in [-0.25, -0.2) is 8.78 Å². The fraction of sp³-hybridized carbons (Fsp3) is 0.100. The summed E-state index contributed by atoms with van der Waals surface area (Å²) in [6.45, 7) is 0.0148. The van der Waals surface area contributed by atoms with Crippen LogP contribution in [0.25, 0.3) is 11.4 Å². The molecule has 5 nitrogen and oxygen atoms in total. The lowest BCUT2D eigenvalue weighted by molar-refractivity contribution is 0.380. The Morgan fingerprint density at radius 3 is 2.71 bits per heavy atom. The van der Waals surface area contributed by atoms with Gasteiger partial charge in [0.2, 0.25) is 11.7 Å². The van der Waals surface area contributed by atoms with Crippen LogP contribution in [0.1, 0.15) is 11.5 Å². The second-order valence-corrected chi connectivity index (χ2v) is 3.14. The van der Waals surface area contributed by atoms with Crippen molar-refractivity contribution in [2.45, 2.75) is 6.54 Å². The highest BCUT2D eigenvalue weighted by Gasteiger charge is 2.16. The number of aromatic nitrogens is 2. The first-order chi connectivity index (χ1) is 8.15. The Bertz CT molecular complexity index is 603. The third-order valence-corrected chi connectivity index (χ3v) is 2.06. The molecule has 17 heavy (non-hydrogen) atoms. The lowest BCUT2D eigenvalue weighted by atomic mass is 10.1. The Morgan fingerprint density at radius 2 is 2.12 bits per heavy atom. The van der Waals surface area contributed by atoms with E-state index in [9.17, 15) is 8.78 Å². The summed E-state index contributed by atoms with van der Waals surface area (Å²) in [7, 11) is 0. The summed E-state index contributed by atoms with van der Waals surface area (Å²) in [5, 5.41) is 12.1. The van der Waals surface area contributed by atoms with Crippen molar-refractivity contribution >= 4 is 0 Å². The Balaban J connectivity index is 2.55. The number of hydrogen-bond acceptors (Lipinski definition) is 5. The molecule has 2 N–H and O–H groups in total. The third kappa shape index (κ3) is 1.98. The van der Waals surface area contributed by atoms with E-state index in [1.165, 1.54) is 0 Å². The number of halogens is 2. The summed E-state index contributed by atoms with van der Waals surface area (Å²) in [6, 6.07) is 3.23. The lowest BCUT2D eigenvalue weighted by Crippen LogP contribution is -1.96. The third-order valence-electron chi connectivity index (χ3n) is 2.06. The molecule has 1 heterocycles. The van der Waals surface area contributed by atoms with Crippen molar-refractivity contribution in [1.29, 1.82) is 5.26 Å². The number of hydrogen-bond donors (Lipinski definition) is 1. The number of nitrogens with zero attached hydrogens (tertiary/aromatic N) is 3. The molecule has 1 aromatic heterocycles. The second-order valence-electron chi connectivity index (χ2n) is 3.14. The molecule has 86 valence electrons. The Hall–Kier alpha value is -2.33. The highest BCUT2D eigenvalue weighted by Crippen LogP contribution is 2.23. The minimum absolute atomic E-state index is 0.0148. The van der Waals surface area contributed by atoms with Gasteiger partial charge in [0.05, 0.1) is 17.7 Å². The predicted molar refractivity (Wildman–Crippen MR) is 52.3 cm³/mol. The monoisotopic (exact) mass is 236 g/mol. The van der Waals surface area contributed by atoms with Crippen LogP contribution in [-0.4, -0.2) is 10.1 Å². The quantitative estimate of drug-likeness (QED) is 0.849. The van der Waals surface area contributed by atoms with E-state index in [1.807, 2.05) is 0 Å². The van der Waals surface area contributed by atoms with Gasteiger partial charge in [-0.2, -0.15) is 10.2 Å². The van der Waals surface area contributed by atoms with E-state index < -0.39 is 11.6 Å². The van der Waals surface area contributed by atoms with Gasteiger partial charge in [-0.1, -0.05) is 5.16 Å². The van der Waals surface area contributed by atoms with Gasteiger partial charge in [-0.05, 0) is 6.07 Å². The minimum Gasteiger partial charge on any atom is -0.338 e. The molecule has 0 radical (unpaired) electrons. The van der Waals surface area contributed by atoms with E-state index >= 15 is 0 Å². The number of nitriles is 1. The second kappa shape index (κ2) is 4.27. The van der Waals surface area contributed by atoms with Crippen LogP contribution < -0.4 is 5.73 Å². The first kappa shape index (κ1) is 11.2. The van der Waals surface area contributed by atoms with Gasteiger partial charge in [0, 0.05) is 6.07 Å². The van der Waals surface area contributed by atoms with Gasteiger partial charge in [-0.15, -0.1) is 0 Å². The van der Waals surface area contributed by atoms with Crippen molar-refractivity contribution in [2.75, 3.05) is 0 Å². The van der Waals surface area contributed by atoms with Crippen LogP contribution in [0.15, 0.2) is 16.7 Å². The summed E-state index contributed by atoms with van der Waals surface area (Å²) < 4.78 is 31.2. The minimum atomic E-state index is -0.934. The fourth-order valence-corrected chi connectivity index (χ4v) is 1.25. The molecule has 0 spiro atoms. The lowest BCUT2D eigenvalue weighted by Gasteiger charge is -1.99. The molecule has 7 heteroatoms. The number of nitrogens with two attached hydrogens (primary N) is 1. The van der Waals surface area contributed by atoms with E-state index in [2.05, 4.69) is 10.1 Å². The first-order valence-electron chi connectivity index (χ1n) is 4.58. The van der Waals surface area contributed by atoms with E-state index in [4.69, 9.17) is 15.5 Å². The molecular weight excluding hydrogens is 230 g/mol.